The van der Waals surface area contributed by atoms with E-state index in [4.69, 9.17) is 21.2 Å². The number of amidine groups is 1. The van der Waals surface area contributed by atoms with Crippen molar-refractivity contribution >= 4 is 23.1 Å². The van der Waals surface area contributed by atoms with Crippen molar-refractivity contribution < 1.29 is 9.53 Å². The zero-order chi connectivity index (χ0) is 24.3. The Labute approximate surface area is 192 Å². The van der Waals surface area contributed by atoms with Crippen LogP contribution >= 0.6 is 0 Å². The Morgan fingerprint density at radius 1 is 1.48 bits per heavy atom. The number of primary amides is 1. The molecule has 1 aromatic heterocycles. The first-order valence-electron chi connectivity index (χ1n) is 10.5. The summed E-state index contributed by atoms with van der Waals surface area (Å²) >= 11 is 0. The quantitative estimate of drug-likeness (QED) is 0.590. The molecule has 1 aliphatic rings. The number of nitriles is 1. The highest BCUT2D eigenvalue weighted by Gasteiger charge is 2.37. The number of nitrogens with zero attached hydrogens (tertiary/aromatic N) is 5. The molecule has 0 saturated carbocycles. The van der Waals surface area contributed by atoms with Crippen molar-refractivity contribution in [2.75, 3.05) is 12.4 Å². The van der Waals surface area contributed by atoms with Gasteiger partial charge in [0.15, 0.2) is 11.5 Å². The Bertz CT molecular complexity index is 1190. The highest BCUT2D eigenvalue weighted by Crippen LogP contribution is 2.37. The number of benzene rings is 1. The molecule has 0 unspecified atom stereocenters. The van der Waals surface area contributed by atoms with E-state index in [1.165, 1.54) is 13.3 Å². The van der Waals surface area contributed by atoms with Gasteiger partial charge in [-0.25, -0.2) is 9.98 Å². The molecule has 10 heteroatoms. The van der Waals surface area contributed by atoms with Crippen LogP contribution in [0.2, 0.25) is 0 Å². The van der Waals surface area contributed by atoms with Gasteiger partial charge in [0, 0.05) is 17.8 Å². The molecule has 3 rings (SSSR count). The number of nitrogens with two attached hydrogens (primary N) is 2. The fraction of sp³-hybridized carbons (Fsp3) is 0.304. The van der Waals surface area contributed by atoms with Crippen molar-refractivity contribution in [2.45, 2.75) is 39.3 Å². The predicted octanol–water partition coefficient (Wildman–Crippen LogP) is 2.78. The molecule has 1 amide bonds. The second-order valence-corrected chi connectivity index (χ2v) is 7.72. The molecule has 0 fully saturated rings. The standard InChI is InChI=1S/C23H28N8O2/c1-6-18-21-17(10-24)27-12-30(21)19(11-25)23(31(18)13(2)3)29-14(4)28-16-8-7-15(22(26)32)9-20(16)33-5/h7-9,11-13,18,28H,4,6,25H2,1-3,5H3,(H2,26,32)/b19-11+,29-23?/t18-/m1/s1. The molecule has 0 spiro atoms. The molecule has 5 N–H and O–H groups in total. The lowest BCUT2D eigenvalue weighted by atomic mass is 10.0. The smallest absolute Gasteiger partial charge is 0.248 e. The lowest BCUT2D eigenvalue weighted by molar-refractivity contribution is 0.1000. The molecular weight excluding hydrogens is 420 g/mol. The number of hydrogen-bond acceptors (Lipinski definition) is 7. The molecule has 33 heavy (non-hydrogen) atoms. The minimum atomic E-state index is -0.551. The monoisotopic (exact) mass is 448 g/mol. The van der Waals surface area contributed by atoms with Crippen LogP contribution < -0.4 is 21.5 Å². The molecule has 10 nitrogen and oxygen atoms in total. The Morgan fingerprint density at radius 2 is 2.21 bits per heavy atom. The van der Waals surface area contributed by atoms with Crippen LogP contribution in [0, 0.1) is 11.3 Å². The Morgan fingerprint density at radius 3 is 2.76 bits per heavy atom. The Balaban J connectivity index is 2.06. The predicted molar refractivity (Wildman–Crippen MR) is 127 cm³/mol. The zero-order valence-electron chi connectivity index (χ0n) is 19.2. The van der Waals surface area contributed by atoms with E-state index in [0.29, 0.717) is 40.0 Å². The Kier molecular flexibility index (Phi) is 6.72. The van der Waals surface area contributed by atoms with Gasteiger partial charge in [-0.15, -0.1) is 0 Å². The van der Waals surface area contributed by atoms with Crippen LogP contribution in [0.3, 0.4) is 0 Å². The topological polar surface area (TPSA) is 148 Å². The van der Waals surface area contributed by atoms with Gasteiger partial charge in [0.25, 0.3) is 0 Å². The number of methoxy groups -OCH3 is 1. The van der Waals surface area contributed by atoms with E-state index in [1.54, 1.807) is 29.1 Å². The average Bonchev–Trinajstić information content (AvgIpc) is 3.21. The summed E-state index contributed by atoms with van der Waals surface area (Å²) < 4.78 is 7.19. The van der Waals surface area contributed by atoms with E-state index in [2.05, 4.69) is 27.8 Å². The van der Waals surface area contributed by atoms with Gasteiger partial charge in [-0.2, -0.15) is 5.26 Å². The maximum atomic E-state index is 11.5. The number of imidazole rings is 1. The van der Waals surface area contributed by atoms with Crippen LogP contribution in [0.4, 0.5) is 5.69 Å². The normalized spacial score (nSPS) is 17.7. The van der Waals surface area contributed by atoms with Gasteiger partial charge in [-0.05, 0) is 38.5 Å². The largest absolute Gasteiger partial charge is 0.495 e. The van der Waals surface area contributed by atoms with Crippen molar-refractivity contribution in [3.05, 3.63) is 60.1 Å². The van der Waals surface area contributed by atoms with Gasteiger partial charge < -0.3 is 26.4 Å². The van der Waals surface area contributed by atoms with E-state index < -0.39 is 5.91 Å². The number of nitrogens with one attached hydrogen (secondary N) is 1. The van der Waals surface area contributed by atoms with Gasteiger partial charge in [0.05, 0.1) is 24.5 Å². The summed E-state index contributed by atoms with van der Waals surface area (Å²) in [7, 11) is 1.50. The zero-order valence-corrected chi connectivity index (χ0v) is 19.2. The second-order valence-electron chi connectivity index (χ2n) is 7.72. The van der Waals surface area contributed by atoms with Gasteiger partial charge in [0.2, 0.25) is 5.91 Å². The maximum Gasteiger partial charge on any atom is 0.248 e. The molecule has 2 aromatic rings. The number of rotatable bonds is 7. The SMILES string of the molecule is C=C(N=C1/C(=C\N)n2cnc(C#N)c2[C@@H](CC)N1C(C)C)Nc1ccc(C(N)=O)cc1OC. The first-order chi connectivity index (χ1) is 15.8. The third-order valence-electron chi connectivity index (χ3n) is 5.40. The summed E-state index contributed by atoms with van der Waals surface area (Å²) in [5, 5.41) is 12.7. The summed E-state index contributed by atoms with van der Waals surface area (Å²) in [4.78, 5) is 22.6. The molecule has 0 bridgehead atoms. The van der Waals surface area contributed by atoms with Crippen LogP contribution in [0.1, 0.15) is 55.0 Å². The maximum absolute atomic E-state index is 11.5. The summed E-state index contributed by atoms with van der Waals surface area (Å²) in [5.41, 5.74) is 14.0. The van der Waals surface area contributed by atoms with Crippen molar-refractivity contribution in [3.8, 4) is 11.8 Å². The number of anilines is 1. The minimum absolute atomic E-state index is 0.0519. The number of hydrogen-bond donors (Lipinski definition) is 3. The lowest BCUT2D eigenvalue weighted by Gasteiger charge is -2.42. The molecule has 2 heterocycles. The molecule has 172 valence electrons. The number of aliphatic imine (C=N–C) groups is 1. The number of fused-ring (bicyclic) bond motifs is 1. The fourth-order valence-corrected chi connectivity index (χ4v) is 4.00. The van der Waals surface area contributed by atoms with Crippen LogP contribution in [-0.2, 0) is 0 Å². The molecule has 1 aromatic carbocycles. The molecule has 0 aliphatic carbocycles. The average molecular weight is 449 g/mol. The van der Waals surface area contributed by atoms with Gasteiger partial charge in [-0.1, -0.05) is 13.5 Å². The Hall–Kier alpha value is -4.26. The second kappa shape index (κ2) is 9.48. The summed E-state index contributed by atoms with van der Waals surface area (Å²) in [6.07, 6.45) is 3.77. The van der Waals surface area contributed by atoms with Crippen molar-refractivity contribution in [1.82, 2.24) is 14.5 Å². The van der Waals surface area contributed by atoms with E-state index in [0.717, 1.165) is 12.1 Å². The summed E-state index contributed by atoms with van der Waals surface area (Å²) in [6.45, 7) is 10.2. The number of aromatic nitrogens is 2. The van der Waals surface area contributed by atoms with Crippen molar-refractivity contribution in [2.24, 2.45) is 16.5 Å². The number of carbonyl (C=O) groups excluding carboxylic acids is 1. The van der Waals surface area contributed by atoms with Gasteiger partial charge in [-0.3, -0.25) is 9.36 Å². The van der Waals surface area contributed by atoms with Crippen molar-refractivity contribution in [3.63, 3.8) is 0 Å². The molecule has 1 atom stereocenters. The molecule has 0 saturated heterocycles. The van der Waals surface area contributed by atoms with E-state index in [1.807, 2.05) is 20.8 Å². The van der Waals surface area contributed by atoms with Crippen molar-refractivity contribution in [1.29, 1.82) is 5.26 Å². The fourth-order valence-electron chi connectivity index (χ4n) is 4.00. The van der Waals surface area contributed by atoms with Crippen LogP contribution in [0.5, 0.6) is 5.75 Å². The molecule has 1 aliphatic heterocycles. The highest BCUT2D eigenvalue weighted by molar-refractivity contribution is 6.18. The first kappa shape index (κ1) is 23.4. The van der Waals surface area contributed by atoms with Crippen LogP contribution in [0.15, 0.2) is 48.1 Å². The van der Waals surface area contributed by atoms with Crippen LogP contribution in [-0.4, -0.2) is 39.3 Å². The first-order valence-corrected chi connectivity index (χ1v) is 10.5. The van der Waals surface area contributed by atoms with Crippen LogP contribution in [0.25, 0.3) is 5.70 Å². The number of carbonyl (C=O) groups is 1. The van der Waals surface area contributed by atoms with E-state index >= 15 is 0 Å². The third kappa shape index (κ3) is 4.25. The lowest BCUT2D eigenvalue weighted by Crippen LogP contribution is -2.46. The number of ether oxygens (including phenoxy) is 1. The van der Waals surface area contributed by atoms with Gasteiger partial charge >= 0.3 is 0 Å². The molecule has 0 radical (unpaired) electrons. The molecular formula is C23H28N8O2. The van der Waals surface area contributed by atoms with E-state index in [9.17, 15) is 10.1 Å². The van der Waals surface area contributed by atoms with E-state index in [-0.39, 0.29) is 12.1 Å². The third-order valence-corrected chi connectivity index (χ3v) is 5.40. The summed E-state index contributed by atoms with van der Waals surface area (Å²) in [5.74, 6) is 0.802. The number of amides is 1. The summed E-state index contributed by atoms with van der Waals surface area (Å²) in [6, 6.07) is 6.91. The highest BCUT2D eigenvalue weighted by atomic mass is 16.5. The van der Waals surface area contributed by atoms with Gasteiger partial charge in [0.1, 0.15) is 29.7 Å². The minimum Gasteiger partial charge on any atom is -0.495 e.